The van der Waals surface area contributed by atoms with Crippen LogP contribution in [0.25, 0.3) is 48.6 Å². The molecule has 13 heteroatoms. The second-order valence-corrected chi connectivity index (χ2v) is 25.5. The van der Waals surface area contributed by atoms with Crippen molar-refractivity contribution in [3.8, 4) is 0 Å². The molecule has 0 aliphatic heterocycles. The first-order valence-electron chi connectivity index (χ1n) is 36.6. The molecule has 1 aromatic heterocycles. The summed E-state index contributed by atoms with van der Waals surface area (Å²) in [7, 11) is 0. The van der Waals surface area contributed by atoms with Crippen LogP contribution in [0.15, 0.2) is 361 Å². The molecule has 0 atom stereocenters. The molecule has 13 nitrogen and oxygen atoms in total. The molecular weight excluding hydrogens is 1380 g/mol. The van der Waals surface area contributed by atoms with Crippen molar-refractivity contribution in [2.75, 3.05) is 0 Å². The average molecular weight is 1470 g/mol. The third-order valence-corrected chi connectivity index (χ3v) is 16.5. The maximum Gasteiger partial charge on any atom is 0.248 e. The number of nitrogens with one attached hydrogen (secondary N) is 4. The second kappa shape index (κ2) is 46.8. The molecule has 4 amide bonds. The second-order valence-electron chi connectivity index (χ2n) is 25.5. The topological polar surface area (TPSA) is 198 Å². The Hall–Kier alpha value is -14.0. The van der Waals surface area contributed by atoms with Crippen molar-refractivity contribution in [1.29, 1.82) is 0 Å². The van der Waals surface area contributed by atoms with E-state index in [2.05, 4.69) is 21.3 Å². The van der Waals surface area contributed by atoms with Crippen LogP contribution in [0.3, 0.4) is 0 Å². The minimum Gasteiger partial charge on any atom is -0.469 e. The highest BCUT2D eigenvalue weighted by Gasteiger charge is 2.17. The Kier molecular flexibility index (Phi) is 34.8. The maximum absolute atomic E-state index is 12.9. The van der Waals surface area contributed by atoms with Crippen LogP contribution in [-0.2, 0) is 57.6 Å². The number of carbonyl (C=O) groups is 8. The van der Waals surface area contributed by atoms with Crippen molar-refractivity contribution in [3.63, 3.8) is 0 Å². The van der Waals surface area contributed by atoms with Crippen molar-refractivity contribution in [2.24, 2.45) is 0 Å². The Bertz CT molecular complexity index is 5030. The van der Waals surface area contributed by atoms with E-state index in [1.54, 1.807) is 60.9 Å². The molecule has 0 aliphatic carbocycles. The number of amides is 4. The van der Waals surface area contributed by atoms with Crippen LogP contribution in [0.4, 0.5) is 0 Å². The van der Waals surface area contributed by atoms with Gasteiger partial charge in [-0.2, -0.15) is 0 Å². The lowest BCUT2D eigenvalue weighted by Crippen LogP contribution is -2.26. The van der Waals surface area contributed by atoms with Gasteiger partial charge in [-0.3, -0.25) is 38.4 Å². The summed E-state index contributed by atoms with van der Waals surface area (Å²) in [4.78, 5) is 100. The van der Waals surface area contributed by atoms with E-state index in [1.165, 1.54) is 24.3 Å². The summed E-state index contributed by atoms with van der Waals surface area (Å²) in [6.45, 7) is 6.03. The molecule has 11 rings (SSSR count). The lowest BCUT2D eigenvalue weighted by atomic mass is 10.0. The Balaban J connectivity index is 0.000000186. The molecule has 1 heterocycles. The number of ketones is 4. The van der Waals surface area contributed by atoms with Crippen LogP contribution in [-0.4, -0.2) is 46.8 Å². The van der Waals surface area contributed by atoms with Crippen LogP contribution in [0.1, 0.15) is 105 Å². The largest absolute Gasteiger partial charge is 0.469 e. The first-order valence-corrected chi connectivity index (χ1v) is 36.6. The first kappa shape index (κ1) is 82.6. The zero-order valence-electron chi connectivity index (χ0n) is 62.5. The van der Waals surface area contributed by atoms with Crippen molar-refractivity contribution in [3.05, 3.63) is 429 Å². The first-order chi connectivity index (χ1) is 54.1. The van der Waals surface area contributed by atoms with Crippen molar-refractivity contribution in [1.82, 2.24) is 21.3 Å². The number of unbranched alkanes of at least 4 members (excludes halogenated alkanes) is 1. The predicted octanol–water partition coefficient (Wildman–Crippen LogP) is 19.2. The number of hydrogen-bond acceptors (Lipinski definition) is 9. The van der Waals surface area contributed by atoms with Crippen LogP contribution >= 0.6 is 0 Å². The number of aryl methyl sites for hydroxylation is 3. The quantitative estimate of drug-likeness (QED) is 0.0317. The molecule has 0 radical (unpaired) electrons. The highest BCUT2D eigenvalue weighted by molar-refractivity contribution is 6.08. The number of carbonyl (C=O) groups excluding carboxylic acids is 8. The molecule has 0 fully saturated rings. The number of benzene rings is 10. The molecule has 556 valence electrons. The Morgan fingerprint density at radius 1 is 0.297 bits per heavy atom. The normalized spacial score (nSPS) is 11.5. The van der Waals surface area contributed by atoms with Gasteiger partial charge in [-0.1, -0.05) is 316 Å². The Morgan fingerprint density at radius 3 is 0.910 bits per heavy atom. The van der Waals surface area contributed by atoms with Gasteiger partial charge in [0.05, 0.1) is 29.1 Å². The smallest absolute Gasteiger partial charge is 0.248 e. The van der Waals surface area contributed by atoms with Crippen LogP contribution in [0.5, 0.6) is 0 Å². The van der Waals surface area contributed by atoms with Gasteiger partial charge in [-0.15, -0.1) is 0 Å². The Morgan fingerprint density at radius 2 is 0.604 bits per heavy atom. The molecular formula is C98H90N4O9. The van der Waals surface area contributed by atoms with E-state index in [-0.39, 0.29) is 83.1 Å². The van der Waals surface area contributed by atoms with E-state index >= 15 is 0 Å². The summed E-state index contributed by atoms with van der Waals surface area (Å²) in [6, 6.07) is 95.4. The van der Waals surface area contributed by atoms with E-state index in [9.17, 15) is 38.4 Å². The fraction of sp³-hybridized carbons (Fsp3) is 0.102. The average Bonchev–Trinajstić information content (AvgIpc) is 1.76. The Labute approximate surface area is 650 Å². The van der Waals surface area contributed by atoms with Gasteiger partial charge in [-0.05, 0) is 137 Å². The highest BCUT2D eigenvalue weighted by atomic mass is 16.3. The molecule has 10 aromatic carbocycles. The van der Waals surface area contributed by atoms with E-state index < -0.39 is 0 Å². The highest BCUT2D eigenvalue weighted by Crippen LogP contribution is 2.17. The van der Waals surface area contributed by atoms with Gasteiger partial charge in [0.15, 0.2) is 23.1 Å². The number of hydrogen-bond donors (Lipinski definition) is 4. The fourth-order valence-electron chi connectivity index (χ4n) is 10.6. The summed E-state index contributed by atoms with van der Waals surface area (Å²) in [5.74, 6) is -1.08. The maximum atomic E-state index is 12.9. The van der Waals surface area contributed by atoms with Crippen molar-refractivity contribution in [2.45, 2.75) is 65.7 Å². The van der Waals surface area contributed by atoms with Gasteiger partial charge < -0.3 is 25.7 Å². The zero-order chi connectivity index (χ0) is 78.5. The molecule has 0 aliphatic rings. The van der Waals surface area contributed by atoms with Crippen molar-refractivity contribution < 1.29 is 42.8 Å². The summed E-state index contributed by atoms with van der Waals surface area (Å²) in [5.41, 5.74) is 12.3. The molecule has 0 saturated heterocycles. The van der Waals surface area contributed by atoms with Crippen molar-refractivity contribution >= 4 is 95.4 Å². The minimum atomic E-state index is -0.350. The molecule has 0 saturated carbocycles. The summed E-state index contributed by atoms with van der Waals surface area (Å²) in [6.07, 6.45) is 24.4. The summed E-state index contributed by atoms with van der Waals surface area (Å²) >= 11 is 0. The van der Waals surface area contributed by atoms with Crippen LogP contribution in [0, 0.1) is 13.8 Å². The molecule has 4 N–H and O–H groups in total. The third-order valence-electron chi connectivity index (χ3n) is 16.5. The zero-order valence-corrected chi connectivity index (χ0v) is 62.5. The predicted molar refractivity (Wildman–Crippen MR) is 448 cm³/mol. The molecule has 0 unspecified atom stereocenters. The third kappa shape index (κ3) is 32.3. The van der Waals surface area contributed by atoms with E-state index in [1.807, 2.05) is 318 Å². The lowest BCUT2D eigenvalue weighted by molar-refractivity contribution is -0.120. The standard InChI is InChI=1S/2C26H23NO2.C24H21NO3.C22H23NO2/c1-20-9-8-14-23(17-20)19-25(28)24(18-22-12-6-3-7-13-22)27-26(29)16-15-21-10-4-2-5-11-21;1-20-12-14-23(15-13-20)19-25(28)24(18-22-10-6-3-7-11-22)27-26(29)17-16-21-8-4-2-5-9-21;26-23(15-14-21-12-7-17-28-21)22(18-20-10-5-2-6-11-20)25-24(27)16-13-19-8-3-1-4-9-19;1-2-3-14-21(24)20(17-19-12-8-5-9-13-19)23-22(25)16-15-18-10-6-4-7-11-18/h2*2-18H,19H2,1H3,(H,27,29);1-13,16-18H,14-15H2,(H,25,27);4-13,15-17H,2-3,14H2,1H3,(H,23,25)/b16-15+,24-18-;17-16+,24-18-;16-13+,22-18-;16-15+,20-17-. The van der Waals surface area contributed by atoms with E-state index in [4.69, 9.17) is 4.42 Å². The summed E-state index contributed by atoms with van der Waals surface area (Å²) in [5, 5.41) is 11.0. The van der Waals surface area contributed by atoms with Gasteiger partial charge in [0.1, 0.15) is 5.76 Å². The molecule has 0 bridgehead atoms. The number of allylic oxidation sites excluding steroid dienone is 4. The van der Waals surface area contributed by atoms with Gasteiger partial charge in [0, 0.05) is 56.4 Å². The van der Waals surface area contributed by atoms with E-state index in [0.29, 0.717) is 18.5 Å². The fourth-order valence-corrected chi connectivity index (χ4v) is 10.6. The number of Topliss-reactive ketones (excluding diaryl/α,β-unsaturated/α-hetero) is 4. The van der Waals surface area contributed by atoms with E-state index in [0.717, 1.165) is 85.4 Å². The summed E-state index contributed by atoms with van der Waals surface area (Å²) < 4.78 is 5.28. The van der Waals surface area contributed by atoms with Crippen LogP contribution in [0.2, 0.25) is 0 Å². The SMILES string of the molecule is CCCCC(=O)/C(=C/c1ccccc1)NC(=O)/C=C/c1ccccc1.Cc1ccc(CC(=O)/C(=C/c2ccccc2)NC(=O)/C=C/c2ccccc2)cc1.Cc1cccc(CC(=O)/C(=C/c2ccccc2)NC(=O)/C=C/c2ccccc2)c1.O=C(/C=C/c1ccccc1)N/C(=C\c1ccccc1)C(=O)CCc1ccco1. The molecule has 0 spiro atoms. The van der Waals surface area contributed by atoms with Crippen LogP contribution < -0.4 is 21.3 Å². The lowest BCUT2D eigenvalue weighted by Gasteiger charge is -2.09. The minimum absolute atomic E-state index is 0.0489. The molecule has 111 heavy (non-hydrogen) atoms. The van der Waals surface area contributed by atoms with Gasteiger partial charge >= 0.3 is 0 Å². The van der Waals surface area contributed by atoms with Gasteiger partial charge in [-0.25, -0.2) is 0 Å². The monoisotopic (exact) mass is 1470 g/mol. The molecule has 11 aromatic rings. The van der Waals surface area contributed by atoms with Gasteiger partial charge in [0.2, 0.25) is 23.6 Å². The number of furan rings is 1. The van der Waals surface area contributed by atoms with Gasteiger partial charge in [0.25, 0.3) is 0 Å². The number of rotatable bonds is 30.